The Bertz CT molecular complexity index is 1240. The molecule has 9 heteroatoms. The molecule has 4 nitrogen and oxygen atoms in total. The zero-order chi connectivity index (χ0) is 23.9. The van der Waals surface area contributed by atoms with E-state index in [-0.39, 0.29) is 10.6 Å². The number of hydrogen-bond acceptors (Lipinski definition) is 2. The van der Waals surface area contributed by atoms with Crippen molar-refractivity contribution in [3.8, 4) is 0 Å². The van der Waals surface area contributed by atoms with Crippen molar-refractivity contribution < 1.29 is 9.59 Å². The van der Waals surface area contributed by atoms with Crippen LogP contribution >= 0.6 is 58.0 Å². The van der Waals surface area contributed by atoms with Crippen molar-refractivity contribution in [1.29, 1.82) is 0 Å². The summed E-state index contributed by atoms with van der Waals surface area (Å²) in [6.07, 6.45) is 0. The summed E-state index contributed by atoms with van der Waals surface area (Å²) >= 11 is 31.2. The molecule has 0 bridgehead atoms. The van der Waals surface area contributed by atoms with Gasteiger partial charge in [-0.25, -0.2) is 0 Å². The van der Waals surface area contributed by atoms with Crippen molar-refractivity contribution in [2.45, 2.75) is 17.2 Å². The summed E-state index contributed by atoms with van der Waals surface area (Å²) in [4.78, 5) is 25.8. The minimum Gasteiger partial charge on any atom is -0.326 e. The molecule has 0 saturated heterocycles. The van der Waals surface area contributed by atoms with Gasteiger partial charge in [0, 0.05) is 27.3 Å². The standard InChI is InChI=1S/C24H16Cl5N2O2/c1-12-4-2-3-5-19(12)31-22(32)17-11-16(6-7-18(17)27)30-23(33)21-20(24(21,28)29)13-8-14(25)10-15(26)9-13/h3-11,20-21H,1H3,(H,30,33)(H,31,32). The molecule has 2 atom stereocenters. The Kier molecular flexibility index (Phi) is 6.86. The topological polar surface area (TPSA) is 58.2 Å². The third-order valence-electron chi connectivity index (χ3n) is 5.38. The monoisotopic (exact) mass is 539 g/mol. The predicted octanol–water partition coefficient (Wildman–Crippen LogP) is 7.53. The molecular formula is C24H16Cl5N2O2. The van der Waals surface area contributed by atoms with E-state index in [1.165, 1.54) is 12.1 Å². The average molecular weight is 542 g/mol. The van der Waals surface area contributed by atoms with Gasteiger partial charge in [-0.05, 0) is 72.6 Å². The van der Waals surface area contributed by atoms with Crippen molar-refractivity contribution in [1.82, 2.24) is 0 Å². The Morgan fingerprint density at radius 3 is 2.33 bits per heavy atom. The van der Waals surface area contributed by atoms with Crippen LogP contribution in [0.25, 0.3) is 0 Å². The minimum absolute atomic E-state index is 0.207. The van der Waals surface area contributed by atoms with Gasteiger partial charge < -0.3 is 10.6 Å². The third kappa shape index (κ3) is 5.11. The van der Waals surface area contributed by atoms with Crippen molar-refractivity contribution in [2.24, 2.45) is 5.92 Å². The summed E-state index contributed by atoms with van der Waals surface area (Å²) in [6, 6.07) is 17.7. The normalized spacial score (nSPS) is 18.5. The van der Waals surface area contributed by atoms with Gasteiger partial charge in [0.1, 0.15) is 4.33 Å². The molecule has 1 saturated carbocycles. The van der Waals surface area contributed by atoms with Crippen LogP contribution in [0.15, 0.2) is 54.6 Å². The van der Waals surface area contributed by atoms with Crippen LogP contribution in [-0.4, -0.2) is 16.1 Å². The highest BCUT2D eigenvalue weighted by atomic mass is 35.5. The number of alkyl halides is 2. The lowest BCUT2D eigenvalue weighted by Crippen LogP contribution is -2.18. The first-order valence-corrected chi connectivity index (χ1v) is 11.7. The number of anilines is 2. The lowest BCUT2D eigenvalue weighted by Gasteiger charge is -2.11. The molecule has 2 amide bonds. The van der Waals surface area contributed by atoms with Gasteiger partial charge in [0.15, 0.2) is 0 Å². The van der Waals surface area contributed by atoms with Crippen LogP contribution in [0.4, 0.5) is 11.4 Å². The largest absolute Gasteiger partial charge is 0.326 e. The maximum absolute atomic E-state index is 13.0. The van der Waals surface area contributed by atoms with Gasteiger partial charge in [0.25, 0.3) is 5.91 Å². The molecule has 169 valence electrons. The summed E-state index contributed by atoms with van der Waals surface area (Å²) in [5, 5.41) is 6.67. The summed E-state index contributed by atoms with van der Waals surface area (Å²) in [7, 11) is 0. The molecular weight excluding hydrogens is 526 g/mol. The first-order valence-electron chi connectivity index (χ1n) is 9.80. The fourth-order valence-electron chi connectivity index (χ4n) is 3.66. The second-order valence-electron chi connectivity index (χ2n) is 7.71. The van der Waals surface area contributed by atoms with Gasteiger partial charge in [-0.3, -0.25) is 9.59 Å². The summed E-state index contributed by atoms with van der Waals surface area (Å²) < 4.78 is -1.31. The van der Waals surface area contributed by atoms with Crippen LogP contribution in [0, 0.1) is 18.9 Å². The number of benzene rings is 3. The first-order chi connectivity index (χ1) is 15.6. The maximum Gasteiger partial charge on any atom is 0.257 e. The van der Waals surface area contributed by atoms with Crippen LogP contribution in [0.5, 0.6) is 0 Å². The molecule has 0 spiro atoms. The van der Waals surface area contributed by atoms with Crippen molar-refractivity contribution in [2.75, 3.05) is 10.6 Å². The lowest BCUT2D eigenvalue weighted by atomic mass is 10.1. The quantitative estimate of drug-likeness (QED) is 0.328. The SMILES string of the molecule is Cc1c[c]ccc1NC(=O)c1cc(NC(=O)C2C(c3cc(Cl)cc(Cl)c3)C2(Cl)Cl)ccc1Cl. The number of hydrogen-bond donors (Lipinski definition) is 2. The summed E-state index contributed by atoms with van der Waals surface area (Å²) in [5.41, 5.74) is 2.75. The van der Waals surface area contributed by atoms with Gasteiger partial charge >= 0.3 is 0 Å². The molecule has 1 aliphatic carbocycles. The van der Waals surface area contributed by atoms with Crippen LogP contribution < -0.4 is 10.6 Å². The molecule has 0 aliphatic heterocycles. The molecule has 3 aromatic rings. The third-order valence-corrected chi connectivity index (χ3v) is 7.08. The van der Waals surface area contributed by atoms with Crippen LogP contribution in [0.3, 0.4) is 0 Å². The van der Waals surface area contributed by atoms with E-state index < -0.39 is 28.0 Å². The zero-order valence-electron chi connectivity index (χ0n) is 17.1. The Labute approximate surface area is 216 Å². The minimum atomic E-state index is -1.31. The first kappa shape index (κ1) is 24.2. The van der Waals surface area contributed by atoms with Crippen molar-refractivity contribution in [3.63, 3.8) is 0 Å². The fraction of sp³-hybridized carbons (Fsp3) is 0.167. The van der Waals surface area contributed by atoms with E-state index in [0.717, 1.165) is 5.56 Å². The number of carbonyl (C=O) groups excluding carboxylic acids is 2. The summed E-state index contributed by atoms with van der Waals surface area (Å²) in [5.74, 6) is -2.02. The maximum atomic E-state index is 13.0. The molecule has 1 fully saturated rings. The van der Waals surface area contributed by atoms with Crippen LogP contribution in [0.2, 0.25) is 15.1 Å². The lowest BCUT2D eigenvalue weighted by molar-refractivity contribution is -0.117. The van der Waals surface area contributed by atoms with Gasteiger partial charge in [-0.2, -0.15) is 0 Å². The number of nitrogens with one attached hydrogen (secondary N) is 2. The molecule has 3 aromatic carbocycles. The van der Waals surface area contributed by atoms with Crippen LogP contribution in [-0.2, 0) is 4.79 Å². The molecule has 1 aliphatic rings. The fourth-order valence-corrected chi connectivity index (χ4v) is 5.24. The highest BCUT2D eigenvalue weighted by Gasteiger charge is 2.67. The average Bonchev–Trinajstić information content (AvgIpc) is 3.32. The number of halogens is 5. The predicted molar refractivity (Wildman–Crippen MR) is 135 cm³/mol. The highest BCUT2D eigenvalue weighted by molar-refractivity contribution is 6.53. The van der Waals surface area contributed by atoms with Gasteiger partial charge in [0.05, 0.1) is 16.5 Å². The Balaban J connectivity index is 1.52. The molecule has 33 heavy (non-hydrogen) atoms. The van der Waals surface area contributed by atoms with Gasteiger partial charge in [-0.15, -0.1) is 23.2 Å². The van der Waals surface area contributed by atoms with Crippen LogP contribution in [0.1, 0.15) is 27.4 Å². The van der Waals surface area contributed by atoms with Crippen molar-refractivity contribution >= 4 is 81.2 Å². The molecule has 4 rings (SSSR count). The molecule has 2 N–H and O–H groups in total. The van der Waals surface area contributed by atoms with E-state index in [4.69, 9.17) is 58.0 Å². The van der Waals surface area contributed by atoms with E-state index in [9.17, 15) is 9.59 Å². The number of amides is 2. The molecule has 0 aromatic heterocycles. The summed E-state index contributed by atoms with van der Waals surface area (Å²) in [6.45, 7) is 1.86. The van der Waals surface area contributed by atoms with E-state index in [0.29, 0.717) is 27.0 Å². The van der Waals surface area contributed by atoms with E-state index in [1.54, 1.807) is 42.5 Å². The molecule has 2 unspecified atom stereocenters. The Morgan fingerprint density at radius 1 is 0.970 bits per heavy atom. The smallest absolute Gasteiger partial charge is 0.257 e. The van der Waals surface area contributed by atoms with Crippen molar-refractivity contribution in [3.05, 3.63) is 92.4 Å². The van der Waals surface area contributed by atoms with E-state index in [2.05, 4.69) is 16.7 Å². The number of rotatable bonds is 5. The van der Waals surface area contributed by atoms with E-state index >= 15 is 0 Å². The second-order valence-corrected chi connectivity index (χ2v) is 10.4. The second kappa shape index (κ2) is 9.36. The van der Waals surface area contributed by atoms with E-state index in [1.807, 2.05) is 6.92 Å². The highest BCUT2D eigenvalue weighted by Crippen LogP contribution is 2.65. The molecule has 0 heterocycles. The number of carbonyl (C=O) groups is 2. The molecule has 1 radical (unpaired) electrons. The van der Waals surface area contributed by atoms with Gasteiger partial charge in [0.2, 0.25) is 5.91 Å². The Hall–Kier alpha value is -1.95. The number of aryl methyl sites for hydroxylation is 1. The zero-order valence-corrected chi connectivity index (χ0v) is 20.8. The van der Waals surface area contributed by atoms with Gasteiger partial charge in [-0.1, -0.05) is 40.9 Å². The Morgan fingerprint density at radius 2 is 1.67 bits per heavy atom.